The van der Waals surface area contributed by atoms with Crippen LogP contribution in [0.2, 0.25) is 0 Å². The minimum Gasteiger partial charge on any atom is -0.406 e. The molecule has 0 saturated carbocycles. The van der Waals surface area contributed by atoms with Crippen LogP contribution in [0.25, 0.3) is 10.2 Å². The van der Waals surface area contributed by atoms with Crippen LogP contribution in [0.4, 0.5) is 18.3 Å². The Morgan fingerprint density at radius 3 is 2.63 bits per heavy atom. The molecule has 0 spiro atoms. The van der Waals surface area contributed by atoms with Gasteiger partial charge in [-0.05, 0) is 39.0 Å². The molecule has 0 radical (unpaired) electrons. The number of ether oxygens (including phenoxy) is 2. The van der Waals surface area contributed by atoms with Crippen molar-refractivity contribution in [3.63, 3.8) is 0 Å². The van der Waals surface area contributed by atoms with Gasteiger partial charge in [0.1, 0.15) is 11.4 Å². The first-order valence-corrected chi connectivity index (χ1v) is 11.8. The van der Waals surface area contributed by atoms with Gasteiger partial charge in [-0.25, -0.2) is 4.98 Å². The average molecular weight is 534 g/mol. The molecular formula is C22H27ClF3N5O3S. The van der Waals surface area contributed by atoms with E-state index in [1.54, 1.807) is 15.6 Å². The highest BCUT2D eigenvalue weighted by Gasteiger charge is 2.31. The van der Waals surface area contributed by atoms with Gasteiger partial charge in [0.05, 0.1) is 29.1 Å². The molecule has 35 heavy (non-hydrogen) atoms. The molecule has 1 aromatic carbocycles. The van der Waals surface area contributed by atoms with Gasteiger partial charge >= 0.3 is 6.36 Å². The van der Waals surface area contributed by atoms with Crippen molar-refractivity contribution in [2.24, 2.45) is 0 Å². The number of carbonyl (C=O) groups is 1. The SMILES string of the molecule is Cc1cc(C(=O)N(CCN2CCOCC2)c2nc3ccc(OC(F)(F)F)cc3s2)n(C(C)C)n1.Cl. The molecule has 3 heterocycles. The van der Waals surface area contributed by atoms with E-state index in [0.717, 1.165) is 30.1 Å². The number of rotatable bonds is 7. The Hall–Kier alpha value is -2.41. The zero-order valence-corrected chi connectivity index (χ0v) is 21.2. The minimum absolute atomic E-state index is 0. The minimum atomic E-state index is -4.78. The number of hydrogen-bond acceptors (Lipinski definition) is 7. The van der Waals surface area contributed by atoms with Crippen LogP contribution in [0, 0.1) is 6.92 Å². The van der Waals surface area contributed by atoms with Crippen LogP contribution in [0.5, 0.6) is 5.75 Å². The lowest BCUT2D eigenvalue weighted by Crippen LogP contribution is -2.43. The van der Waals surface area contributed by atoms with E-state index in [4.69, 9.17) is 4.74 Å². The van der Waals surface area contributed by atoms with E-state index in [2.05, 4.69) is 19.7 Å². The van der Waals surface area contributed by atoms with Crippen LogP contribution in [-0.4, -0.2) is 71.3 Å². The van der Waals surface area contributed by atoms with Crippen LogP contribution >= 0.6 is 23.7 Å². The third kappa shape index (κ3) is 6.63. The van der Waals surface area contributed by atoms with Crippen molar-refractivity contribution in [2.45, 2.75) is 33.2 Å². The number of nitrogens with zero attached hydrogens (tertiary/aromatic N) is 5. The van der Waals surface area contributed by atoms with Gasteiger partial charge < -0.3 is 9.47 Å². The molecule has 1 amide bonds. The number of anilines is 1. The molecule has 0 unspecified atom stereocenters. The summed E-state index contributed by atoms with van der Waals surface area (Å²) in [7, 11) is 0. The van der Waals surface area contributed by atoms with Gasteiger partial charge in [-0.3, -0.25) is 19.3 Å². The van der Waals surface area contributed by atoms with Crippen molar-refractivity contribution in [1.82, 2.24) is 19.7 Å². The summed E-state index contributed by atoms with van der Waals surface area (Å²) < 4.78 is 49.5. The van der Waals surface area contributed by atoms with E-state index >= 15 is 0 Å². The molecule has 2 aromatic heterocycles. The normalized spacial score (nSPS) is 14.8. The van der Waals surface area contributed by atoms with E-state index in [9.17, 15) is 18.0 Å². The predicted octanol–water partition coefficient (Wildman–Crippen LogP) is 4.68. The van der Waals surface area contributed by atoms with E-state index in [-0.39, 0.29) is 30.1 Å². The number of halogens is 4. The number of aryl methyl sites for hydroxylation is 1. The van der Waals surface area contributed by atoms with E-state index in [0.29, 0.717) is 47.3 Å². The Bertz CT molecular complexity index is 1160. The Balaban J connectivity index is 0.00000342. The lowest BCUT2D eigenvalue weighted by Gasteiger charge is -2.29. The summed E-state index contributed by atoms with van der Waals surface area (Å²) in [6, 6.07) is 5.69. The maximum Gasteiger partial charge on any atom is 0.573 e. The van der Waals surface area contributed by atoms with Crippen molar-refractivity contribution in [3.8, 4) is 5.75 Å². The fourth-order valence-electron chi connectivity index (χ4n) is 3.76. The third-order valence-electron chi connectivity index (χ3n) is 5.37. The second-order valence-electron chi connectivity index (χ2n) is 8.29. The van der Waals surface area contributed by atoms with Crippen molar-refractivity contribution in [1.29, 1.82) is 0 Å². The summed E-state index contributed by atoms with van der Waals surface area (Å²) in [6.45, 7) is 9.50. The smallest absolute Gasteiger partial charge is 0.406 e. The van der Waals surface area contributed by atoms with Crippen molar-refractivity contribution < 1.29 is 27.4 Å². The number of amides is 1. The van der Waals surface area contributed by atoms with Crippen molar-refractivity contribution in [3.05, 3.63) is 35.7 Å². The van der Waals surface area contributed by atoms with Gasteiger partial charge in [0.25, 0.3) is 5.91 Å². The fraction of sp³-hybridized carbons (Fsp3) is 0.500. The maximum atomic E-state index is 13.7. The molecule has 1 saturated heterocycles. The second kappa shape index (κ2) is 11.1. The van der Waals surface area contributed by atoms with Crippen LogP contribution in [0.3, 0.4) is 0 Å². The van der Waals surface area contributed by atoms with Crippen LogP contribution < -0.4 is 9.64 Å². The van der Waals surface area contributed by atoms with E-state index < -0.39 is 6.36 Å². The largest absolute Gasteiger partial charge is 0.573 e. The van der Waals surface area contributed by atoms with Gasteiger partial charge in [-0.2, -0.15) is 5.10 Å². The molecule has 0 N–H and O–H groups in total. The van der Waals surface area contributed by atoms with Gasteiger partial charge in [-0.1, -0.05) is 11.3 Å². The third-order valence-corrected chi connectivity index (χ3v) is 6.41. The molecule has 0 atom stereocenters. The zero-order valence-electron chi connectivity index (χ0n) is 19.5. The number of carbonyl (C=O) groups excluding carboxylic acids is 1. The Labute approximate surface area is 211 Å². The molecule has 1 aliphatic heterocycles. The average Bonchev–Trinajstić information content (AvgIpc) is 3.36. The van der Waals surface area contributed by atoms with E-state index in [1.807, 2.05) is 20.8 Å². The lowest BCUT2D eigenvalue weighted by molar-refractivity contribution is -0.274. The summed E-state index contributed by atoms with van der Waals surface area (Å²) in [5, 5.41) is 4.86. The predicted molar refractivity (Wildman–Crippen MR) is 130 cm³/mol. The molecule has 3 aromatic rings. The summed E-state index contributed by atoms with van der Waals surface area (Å²) >= 11 is 1.15. The zero-order chi connectivity index (χ0) is 24.5. The first-order valence-electron chi connectivity index (χ1n) is 10.9. The summed E-state index contributed by atoms with van der Waals surface area (Å²) in [6.07, 6.45) is -4.78. The van der Waals surface area contributed by atoms with E-state index in [1.165, 1.54) is 18.2 Å². The molecular weight excluding hydrogens is 507 g/mol. The first kappa shape index (κ1) is 27.2. The molecule has 8 nitrogen and oxygen atoms in total. The van der Waals surface area contributed by atoms with Crippen LogP contribution in [0.15, 0.2) is 24.3 Å². The number of aromatic nitrogens is 3. The molecule has 13 heteroatoms. The fourth-order valence-corrected chi connectivity index (χ4v) is 4.78. The Morgan fingerprint density at radius 1 is 1.26 bits per heavy atom. The van der Waals surface area contributed by atoms with Gasteiger partial charge in [0.2, 0.25) is 0 Å². The molecule has 4 rings (SSSR count). The summed E-state index contributed by atoms with van der Waals surface area (Å²) in [5.41, 5.74) is 1.66. The topological polar surface area (TPSA) is 72.7 Å². The number of morpholine rings is 1. The summed E-state index contributed by atoms with van der Waals surface area (Å²) in [5.74, 6) is -0.580. The number of fused-ring (bicyclic) bond motifs is 1. The Kier molecular flexibility index (Phi) is 8.63. The maximum absolute atomic E-state index is 13.7. The van der Waals surface area contributed by atoms with Crippen molar-refractivity contribution in [2.75, 3.05) is 44.3 Å². The van der Waals surface area contributed by atoms with Crippen LogP contribution in [0.1, 0.15) is 36.1 Å². The van der Waals surface area contributed by atoms with Gasteiger partial charge in [-0.15, -0.1) is 25.6 Å². The van der Waals surface area contributed by atoms with Gasteiger partial charge in [0, 0.05) is 38.3 Å². The van der Waals surface area contributed by atoms with Crippen LogP contribution in [-0.2, 0) is 4.74 Å². The highest BCUT2D eigenvalue weighted by molar-refractivity contribution is 7.22. The second-order valence-corrected chi connectivity index (χ2v) is 9.30. The molecule has 0 bridgehead atoms. The Morgan fingerprint density at radius 2 is 1.97 bits per heavy atom. The van der Waals surface area contributed by atoms with Gasteiger partial charge in [0.15, 0.2) is 5.13 Å². The van der Waals surface area contributed by atoms with Crippen molar-refractivity contribution >= 4 is 45.0 Å². The number of benzene rings is 1. The molecule has 1 aliphatic rings. The highest BCUT2D eigenvalue weighted by atomic mass is 35.5. The highest BCUT2D eigenvalue weighted by Crippen LogP contribution is 2.34. The molecule has 0 aliphatic carbocycles. The number of alkyl halides is 3. The first-order chi connectivity index (χ1) is 16.1. The molecule has 192 valence electrons. The number of thiazole rings is 1. The molecule has 1 fully saturated rings. The summed E-state index contributed by atoms with van der Waals surface area (Å²) in [4.78, 5) is 22.0. The lowest BCUT2D eigenvalue weighted by atomic mass is 10.3. The quantitative estimate of drug-likeness (QED) is 0.439. The number of hydrogen-bond donors (Lipinski definition) is 0. The monoisotopic (exact) mass is 533 g/mol. The standard InChI is InChI=1S/C22H26F3N5O3S.ClH/c1-14(2)30-18(12-15(3)27-30)20(31)29(7-6-28-8-10-32-11-9-28)21-26-17-5-4-16(13-19(17)34-21)33-22(23,24)25;/h4-5,12-14H,6-11H2,1-3H3;1H.